The van der Waals surface area contributed by atoms with Gasteiger partial charge in [0, 0.05) is 0 Å². The molecule has 0 unspecified atom stereocenters. The van der Waals surface area contributed by atoms with E-state index in [4.69, 9.17) is 0 Å². The molecule has 0 aliphatic heterocycles. The summed E-state index contributed by atoms with van der Waals surface area (Å²) in [5.41, 5.74) is 5.28. The van der Waals surface area contributed by atoms with Gasteiger partial charge in [-0.2, -0.15) is 29.3 Å². The normalized spacial score (nSPS) is 9.71. The molecule has 0 saturated heterocycles. The molecule has 4 aromatic rings. The van der Waals surface area contributed by atoms with Crippen molar-refractivity contribution in [2.45, 2.75) is 20.8 Å². The molecule has 2 aromatic heterocycles. The van der Waals surface area contributed by atoms with E-state index in [1.165, 1.54) is 11.1 Å². The molecule has 2 aromatic carbocycles. The molecule has 0 atom stereocenters. The van der Waals surface area contributed by atoms with Crippen molar-refractivity contribution in [2.24, 2.45) is 0 Å². The van der Waals surface area contributed by atoms with Crippen LogP contribution in [-0.2, 0) is 15.6 Å². The summed E-state index contributed by atoms with van der Waals surface area (Å²) in [5.74, 6) is 0. The number of hydrogen-bond acceptors (Lipinski definition) is 3. The van der Waals surface area contributed by atoms with Gasteiger partial charge in [-0.05, 0) is 0 Å². The van der Waals surface area contributed by atoms with Gasteiger partial charge in [0.05, 0.1) is 0 Å². The van der Waals surface area contributed by atoms with Crippen LogP contribution in [0.2, 0.25) is 0 Å². The second-order valence-corrected chi connectivity index (χ2v) is 7.80. The van der Waals surface area contributed by atoms with Gasteiger partial charge in [0.2, 0.25) is 0 Å². The van der Waals surface area contributed by atoms with Crippen molar-refractivity contribution in [1.82, 2.24) is 16.1 Å². The second kappa shape index (κ2) is 10.8. The van der Waals surface area contributed by atoms with Crippen LogP contribution in [0.1, 0.15) is 23.7 Å². The Morgan fingerprint density at radius 2 is 1.64 bits per heavy atom. The van der Waals surface area contributed by atoms with Gasteiger partial charge >= 0.3 is 107 Å². The largest absolute Gasteiger partial charge is 0.344 e. The van der Waals surface area contributed by atoms with Gasteiger partial charge in [0.1, 0.15) is 0 Å². The quantitative estimate of drug-likeness (QED) is 0.189. The summed E-state index contributed by atoms with van der Waals surface area (Å²) in [6.45, 7) is 6.08. The molecular formula is C22H22BrClFeN3. The van der Waals surface area contributed by atoms with Gasteiger partial charge < -0.3 is 6.15 Å². The fraction of sp³-hybridized carbons (Fsp3) is 0.136. The third-order valence-electron chi connectivity index (χ3n) is 3.89. The minimum absolute atomic E-state index is 0. The number of fused-ring (bicyclic) bond motifs is 3. The molecule has 4 rings (SSSR count). The van der Waals surface area contributed by atoms with Gasteiger partial charge in [0.25, 0.3) is 0 Å². The van der Waals surface area contributed by atoms with E-state index in [1.54, 1.807) is 6.20 Å². The second-order valence-electron chi connectivity index (χ2n) is 6.11. The Hall–Kier alpha value is -1.62. The molecule has 0 fully saturated rings. The minimum Gasteiger partial charge on any atom is -0.344 e. The zero-order valence-corrected chi connectivity index (χ0v) is 19.4. The predicted molar refractivity (Wildman–Crippen MR) is 122 cm³/mol. The van der Waals surface area contributed by atoms with E-state index in [0.29, 0.717) is 0 Å². The van der Waals surface area contributed by atoms with Gasteiger partial charge in [-0.15, -0.1) is 12.4 Å². The summed E-state index contributed by atoms with van der Waals surface area (Å²) in [6, 6.07) is 19.5. The standard InChI is InChI=1S/C14H10N2.C8H8Br.ClH.Fe.H3N/c1-2-12-8-7-11-6-5-10-4-3-9-15-13(10)14(11)16-12;1-6-3-7(2)5-8(9)4-6;;;/h3-9H,1H3;3-4H,1-2H3;1H;;1H3/q;-1;;+1;. The van der Waals surface area contributed by atoms with Crippen LogP contribution in [0.25, 0.3) is 21.8 Å². The molecule has 0 radical (unpaired) electrons. The first-order valence-corrected chi connectivity index (χ1v) is 9.57. The Balaban J connectivity index is 0.000000308. The average Bonchev–Trinajstić information content (AvgIpc) is 2.60. The molecule has 3 nitrogen and oxygen atoms in total. The predicted octanol–water partition coefficient (Wildman–Crippen LogP) is 6.32. The first-order valence-electron chi connectivity index (χ1n) is 8.23. The number of rotatable bonds is 1. The molecule has 6 heteroatoms. The molecular weight excluding hydrogens is 477 g/mol. The zero-order chi connectivity index (χ0) is 18.7. The molecule has 147 valence electrons. The van der Waals surface area contributed by atoms with Crippen molar-refractivity contribution in [3.63, 3.8) is 0 Å². The third kappa shape index (κ3) is 5.94. The molecule has 0 aliphatic carbocycles. The summed E-state index contributed by atoms with van der Waals surface area (Å²) in [6.07, 6.45) is 1.80. The van der Waals surface area contributed by atoms with Crippen molar-refractivity contribution in [3.05, 3.63) is 82.1 Å². The van der Waals surface area contributed by atoms with Gasteiger partial charge in [-0.3, -0.25) is 0 Å². The van der Waals surface area contributed by atoms with Crippen LogP contribution in [0.5, 0.6) is 0 Å². The van der Waals surface area contributed by atoms with Crippen LogP contribution in [0.4, 0.5) is 0 Å². The molecule has 2 heterocycles. The molecule has 0 amide bonds. The van der Waals surface area contributed by atoms with E-state index in [-0.39, 0.29) is 18.6 Å². The van der Waals surface area contributed by atoms with Crippen molar-refractivity contribution >= 4 is 54.6 Å². The Kier molecular flexibility index (Phi) is 9.41. The van der Waals surface area contributed by atoms with E-state index < -0.39 is 0 Å². The van der Waals surface area contributed by atoms with Crippen molar-refractivity contribution in [3.8, 4) is 0 Å². The summed E-state index contributed by atoms with van der Waals surface area (Å²) >= 11 is 7.29. The number of aromatic nitrogens is 2. The van der Waals surface area contributed by atoms with Crippen molar-refractivity contribution in [2.75, 3.05) is 0 Å². The van der Waals surface area contributed by atoms with Crippen LogP contribution < -0.4 is 6.15 Å². The fourth-order valence-electron chi connectivity index (χ4n) is 2.76. The number of hydrogen-bond donors (Lipinski definition) is 1. The van der Waals surface area contributed by atoms with E-state index in [0.717, 1.165) is 36.4 Å². The summed E-state index contributed by atoms with van der Waals surface area (Å²) in [4.78, 5) is 9.06. The van der Waals surface area contributed by atoms with Crippen LogP contribution in [0.15, 0.2) is 59.2 Å². The molecule has 0 spiro atoms. The Bertz CT molecular complexity index is 1060. The van der Waals surface area contributed by atoms with E-state index in [9.17, 15) is 0 Å². The number of halogens is 2. The maximum Gasteiger partial charge on any atom is -0.0625 e. The number of pyridine rings is 2. The van der Waals surface area contributed by atoms with Crippen molar-refractivity contribution < 1.29 is 15.6 Å². The van der Waals surface area contributed by atoms with Crippen molar-refractivity contribution in [1.29, 1.82) is 0 Å². The molecule has 3 N–H and O–H groups in total. The van der Waals surface area contributed by atoms with Crippen LogP contribution in [0.3, 0.4) is 0 Å². The van der Waals surface area contributed by atoms with Crippen LogP contribution >= 0.6 is 28.3 Å². The first kappa shape index (κ1) is 24.4. The summed E-state index contributed by atoms with van der Waals surface area (Å²) < 4.78 is 2.01. The molecule has 0 aliphatic rings. The molecule has 0 saturated carbocycles. The van der Waals surface area contributed by atoms with Gasteiger partial charge in [0.15, 0.2) is 0 Å². The molecule has 28 heavy (non-hydrogen) atoms. The Morgan fingerprint density at radius 1 is 1.00 bits per heavy atom. The summed E-state index contributed by atoms with van der Waals surface area (Å²) in [7, 11) is 0. The van der Waals surface area contributed by atoms with Crippen LogP contribution in [-0.4, -0.2) is 14.4 Å². The van der Waals surface area contributed by atoms with E-state index in [1.807, 2.05) is 32.0 Å². The fourth-order valence-corrected chi connectivity index (χ4v) is 3.58. The van der Waals surface area contributed by atoms with Crippen LogP contribution in [0, 0.1) is 19.9 Å². The third-order valence-corrected chi connectivity index (χ3v) is 4.60. The molecule has 0 bridgehead atoms. The Labute approximate surface area is 188 Å². The monoisotopic (exact) mass is 498 g/mol. The number of benzene rings is 2. The van der Waals surface area contributed by atoms with Gasteiger partial charge in [-0.25, -0.2) is 0 Å². The Morgan fingerprint density at radius 3 is 2.25 bits per heavy atom. The number of aryl methyl sites for hydroxylation is 2. The smallest absolute Gasteiger partial charge is 0.0625 e. The van der Waals surface area contributed by atoms with E-state index >= 15 is 0 Å². The maximum atomic E-state index is 4.64. The average molecular weight is 500 g/mol. The first-order chi connectivity index (χ1) is 12.4. The maximum absolute atomic E-state index is 4.64. The topological polar surface area (TPSA) is 60.8 Å². The SMILES string of the molecule is C[C](=[Fe+])c1ccc2ccc3cccnc3c2n1.Cc1[c-]c(Br)cc(C)c1.Cl.N. The zero-order valence-electron chi connectivity index (χ0n) is 15.9. The van der Waals surface area contributed by atoms with E-state index in [2.05, 4.69) is 84.8 Å². The minimum atomic E-state index is 0. The number of nitrogens with zero attached hydrogens (tertiary/aromatic N) is 2. The van der Waals surface area contributed by atoms with Gasteiger partial charge in [-0.1, -0.05) is 34.3 Å². The summed E-state index contributed by atoms with van der Waals surface area (Å²) in [5, 5.41) is 2.23.